The highest BCUT2D eigenvalue weighted by Crippen LogP contribution is 2.30. The van der Waals surface area contributed by atoms with Gasteiger partial charge in [-0.15, -0.1) is 5.73 Å². The second kappa shape index (κ2) is 5.20. The molecule has 0 saturated carbocycles. The molecule has 2 aromatic carbocycles. The van der Waals surface area contributed by atoms with Crippen LogP contribution in [0.15, 0.2) is 66.0 Å². The predicted molar refractivity (Wildman–Crippen MR) is 85.8 cm³/mol. The molecule has 98 valence electrons. The number of pyridine rings is 1. The van der Waals surface area contributed by atoms with Crippen molar-refractivity contribution in [2.24, 2.45) is 0 Å². The monoisotopic (exact) mass is 260 g/mol. The van der Waals surface area contributed by atoms with Crippen molar-refractivity contribution in [3.63, 3.8) is 0 Å². The zero-order valence-electron chi connectivity index (χ0n) is 11.6. The number of nitrogens with one attached hydrogen (secondary N) is 1. The lowest BCUT2D eigenvalue weighted by atomic mass is 10.1. The molecule has 0 aliphatic carbocycles. The highest BCUT2D eigenvalue weighted by molar-refractivity contribution is 6.07. The summed E-state index contributed by atoms with van der Waals surface area (Å²) in [4.78, 5) is 4.70. The van der Waals surface area contributed by atoms with Gasteiger partial charge in [-0.25, -0.2) is 4.98 Å². The number of fused-ring (bicyclic) bond motifs is 2. The molecule has 3 rings (SSSR count). The fourth-order valence-electron chi connectivity index (χ4n) is 2.25. The van der Waals surface area contributed by atoms with E-state index in [9.17, 15) is 0 Å². The summed E-state index contributed by atoms with van der Waals surface area (Å²) >= 11 is 0. The maximum absolute atomic E-state index is 4.70. The van der Waals surface area contributed by atoms with Crippen molar-refractivity contribution in [2.75, 3.05) is 5.32 Å². The Morgan fingerprint density at radius 2 is 1.50 bits per heavy atom. The molecule has 0 bridgehead atoms. The van der Waals surface area contributed by atoms with E-state index in [-0.39, 0.29) is 0 Å². The lowest BCUT2D eigenvalue weighted by molar-refractivity contribution is 1.40. The quantitative estimate of drug-likeness (QED) is 0.524. The molecule has 0 fully saturated rings. The molecule has 1 aromatic heterocycles. The topological polar surface area (TPSA) is 24.9 Å². The van der Waals surface area contributed by atoms with Crippen molar-refractivity contribution in [1.82, 2.24) is 4.98 Å². The molecule has 0 atom stereocenters. The fraction of sp³-hybridized carbons (Fsp3) is 0.111. The van der Waals surface area contributed by atoms with Gasteiger partial charge in [0.05, 0.1) is 16.7 Å². The summed E-state index contributed by atoms with van der Waals surface area (Å²) in [5.74, 6) is 0. The van der Waals surface area contributed by atoms with Gasteiger partial charge in [0.25, 0.3) is 0 Å². The van der Waals surface area contributed by atoms with Gasteiger partial charge >= 0.3 is 0 Å². The molecule has 2 nitrogen and oxygen atoms in total. The van der Waals surface area contributed by atoms with Crippen LogP contribution in [0.5, 0.6) is 0 Å². The van der Waals surface area contributed by atoms with Crippen molar-refractivity contribution in [3.8, 4) is 0 Å². The largest absolute Gasteiger partial charge is 0.354 e. The van der Waals surface area contributed by atoms with Gasteiger partial charge in [0.1, 0.15) is 0 Å². The molecule has 0 aliphatic rings. The van der Waals surface area contributed by atoms with Crippen LogP contribution in [0.3, 0.4) is 0 Å². The Balaban J connectivity index is 2.30. The molecule has 3 aromatic rings. The first kappa shape index (κ1) is 12.5. The third-order valence-electron chi connectivity index (χ3n) is 3.17. The standard InChI is InChI=1S/C18H16N2/c1-13(2)11-12-19-18-14-7-3-5-9-16(14)20-17-10-6-4-8-15(17)18/h3-10,12H,1-2H3,(H,19,20). The van der Waals surface area contributed by atoms with E-state index in [4.69, 9.17) is 4.98 Å². The Kier molecular flexibility index (Phi) is 3.24. The van der Waals surface area contributed by atoms with Gasteiger partial charge in [0.2, 0.25) is 0 Å². The van der Waals surface area contributed by atoms with Crippen LogP contribution < -0.4 is 5.32 Å². The first-order chi connectivity index (χ1) is 9.75. The number of aromatic nitrogens is 1. The van der Waals surface area contributed by atoms with Crippen LogP contribution in [0.25, 0.3) is 21.8 Å². The summed E-state index contributed by atoms with van der Waals surface area (Å²) < 4.78 is 0. The van der Waals surface area contributed by atoms with E-state index in [1.165, 1.54) is 0 Å². The van der Waals surface area contributed by atoms with E-state index in [0.717, 1.165) is 33.1 Å². The molecule has 2 heteroatoms. The average Bonchev–Trinajstić information content (AvgIpc) is 2.46. The van der Waals surface area contributed by atoms with E-state index in [1.54, 1.807) is 0 Å². The SMILES string of the molecule is CC(C)=C=CNc1c2ccccc2nc2ccccc12. The second-order valence-electron chi connectivity index (χ2n) is 4.95. The molecule has 0 spiro atoms. The average molecular weight is 260 g/mol. The van der Waals surface area contributed by atoms with E-state index in [1.807, 2.05) is 56.4 Å². The number of anilines is 1. The Bertz CT molecular complexity index is 782. The molecule has 1 heterocycles. The molecule has 0 unspecified atom stereocenters. The Morgan fingerprint density at radius 3 is 2.05 bits per heavy atom. The van der Waals surface area contributed by atoms with E-state index in [0.29, 0.717) is 0 Å². The summed E-state index contributed by atoms with van der Waals surface area (Å²) in [5, 5.41) is 5.61. The molecular weight excluding hydrogens is 244 g/mol. The lowest BCUT2D eigenvalue weighted by Crippen LogP contribution is -1.93. The van der Waals surface area contributed by atoms with Crippen LogP contribution in [-0.2, 0) is 0 Å². The van der Waals surface area contributed by atoms with Gasteiger partial charge in [0.15, 0.2) is 0 Å². The normalized spacial score (nSPS) is 10.3. The molecule has 0 aliphatic heterocycles. The smallest absolute Gasteiger partial charge is 0.0730 e. The van der Waals surface area contributed by atoms with Gasteiger partial charge in [-0.2, -0.15) is 0 Å². The van der Waals surface area contributed by atoms with Gasteiger partial charge in [-0.1, -0.05) is 36.4 Å². The first-order valence-corrected chi connectivity index (χ1v) is 6.68. The number of para-hydroxylation sites is 2. The first-order valence-electron chi connectivity index (χ1n) is 6.68. The number of nitrogens with zero attached hydrogens (tertiary/aromatic N) is 1. The van der Waals surface area contributed by atoms with Crippen LogP contribution in [0.4, 0.5) is 5.69 Å². The minimum Gasteiger partial charge on any atom is -0.354 e. The van der Waals surface area contributed by atoms with E-state index in [2.05, 4.69) is 23.2 Å². The summed E-state index contributed by atoms with van der Waals surface area (Å²) in [6.45, 7) is 4.06. The van der Waals surface area contributed by atoms with Gasteiger partial charge in [-0.3, -0.25) is 0 Å². The van der Waals surface area contributed by atoms with Crippen molar-refractivity contribution in [2.45, 2.75) is 13.8 Å². The third kappa shape index (κ3) is 2.29. The van der Waals surface area contributed by atoms with Gasteiger partial charge in [-0.05, 0) is 31.6 Å². The molecule has 0 radical (unpaired) electrons. The Labute approximate surface area is 118 Å². The second-order valence-corrected chi connectivity index (χ2v) is 4.95. The Hall–Kier alpha value is -2.57. The molecule has 0 amide bonds. The summed E-state index contributed by atoms with van der Waals surface area (Å²) in [7, 11) is 0. The highest BCUT2D eigenvalue weighted by atomic mass is 14.9. The minimum absolute atomic E-state index is 0.999. The lowest BCUT2D eigenvalue weighted by Gasteiger charge is -2.09. The summed E-state index contributed by atoms with van der Waals surface area (Å²) in [6.07, 6.45) is 1.86. The van der Waals surface area contributed by atoms with Crippen molar-refractivity contribution in [1.29, 1.82) is 0 Å². The van der Waals surface area contributed by atoms with E-state index >= 15 is 0 Å². The van der Waals surface area contributed by atoms with Gasteiger partial charge < -0.3 is 5.32 Å². The van der Waals surface area contributed by atoms with Crippen LogP contribution in [0, 0.1) is 0 Å². The van der Waals surface area contributed by atoms with Crippen LogP contribution in [0.1, 0.15) is 13.8 Å². The molecular formula is C18H16N2. The maximum Gasteiger partial charge on any atom is 0.0730 e. The number of rotatable bonds is 2. The van der Waals surface area contributed by atoms with Crippen LogP contribution in [0.2, 0.25) is 0 Å². The van der Waals surface area contributed by atoms with Crippen molar-refractivity contribution in [3.05, 3.63) is 66.0 Å². The zero-order valence-corrected chi connectivity index (χ0v) is 11.6. The molecule has 1 N–H and O–H groups in total. The number of hydrogen-bond acceptors (Lipinski definition) is 2. The number of hydrogen-bond donors (Lipinski definition) is 1. The Morgan fingerprint density at radius 1 is 0.950 bits per heavy atom. The summed E-state index contributed by atoms with van der Waals surface area (Å²) in [5.41, 5.74) is 7.40. The third-order valence-corrected chi connectivity index (χ3v) is 3.17. The van der Waals surface area contributed by atoms with E-state index < -0.39 is 0 Å². The minimum atomic E-state index is 0.999. The fourth-order valence-corrected chi connectivity index (χ4v) is 2.25. The zero-order chi connectivity index (χ0) is 13.9. The van der Waals surface area contributed by atoms with Gasteiger partial charge in [0, 0.05) is 17.0 Å². The maximum atomic E-state index is 4.70. The number of allylic oxidation sites excluding steroid dienone is 1. The summed E-state index contributed by atoms with van der Waals surface area (Å²) in [6, 6.07) is 16.4. The van der Waals surface area contributed by atoms with Crippen molar-refractivity contribution >= 4 is 27.5 Å². The molecule has 20 heavy (non-hydrogen) atoms. The predicted octanol–water partition coefficient (Wildman–Crippen LogP) is 4.88. The molecule has 0 saturated heterocycles. The number of benzene rings is 2. The highest BCUT2D eigenvalue weighted by Gasteiger charge is 2.06. The van der Waals surface area contributed by atoms with Crippen LogP contribution in [-0.4, -0.2) is 4.98 Å². The van der Waals surface area contributed by atoms with Crippen LogP contribution >= 0.6 is 0 Å². The van der Waals surface area contributed by atoms with Crippen molar-refractivity contribution < 1.29 is 0 Å².